The molecule has 2 aromatic rings. The first-order valence-corrected chi connectivity index (χ1v) is 8.88. The minimum Gasteiger partial charge on any atom is -0.357 e. The van der Waals surface area contributed by atoms with Crippen LogP contribution in [0.3, 0.4) is 0 Å². The number of aromatic amines is 1. The van der Waals surface area contributed by atoms with Crippen LogP contribution < -0.4 is 10.6 Å². The minimum absolute atomic E-state index is 0.126. The second-order valence-corrected chi connectivity index (χ2v) is 7.05. The molecule has 1 aromatic carbocycles. The molecule has 122 valence electrons. The Balaban J connectivity index is 1.54. The van der Waals surface area contributed by atoms with Crippen LogP contribution in [0.4, 0.5) is 0 Å². The van der Waals surface area contributed by atoms with Crippen LogP contribution in [0.1, 0.15) is 56.3 Å². The molecule has 2 atom stereocenters. The molecule has 1 saturated carbocycles. The summed E-state index contributed by atoms with van der Waals surface area (Å²) in [6.45, 7) is 2.13. The second-order valence-electron chi connectivity index (χ2n) is 7.05. The number of para-hydroxylation sites is 1. The molecule has 2 aliphatic rings. The van der Waals surface area contributed by atoms with Crippen LogP contribution in [0.25, 0.3) is 10.9 Å². The molecule has 2 unspecified atom stereocenters. The van der Waals surface area contributed by atoms with Gasteiger partial charge in [-0.2, -0.15) is 0 Å². The molecular formula is C19H25N3O. The fourth-order valence-corrected chi connectivity index (χ4v) is 4.18. The lowest BCUT2D eigenvalue weighted by Gasteiger charge is -2.31. The molecular weight excluding hydrogens is 286 g/mol. The molecule has 1 aliphatic carbocycles. The number of hydrogen-bond acceptors (Lipinski definition) is 2. The highest BCUT2D eigenvalue weighted by molar-refractivity contribution is 5.88. The lowest BCUT2D eigenvalue weighted by molar-refractivity contribution is -0.124. The van der Waals surface area contributed by atoms with E-state index in [1.165, 1.54) is 41.4 Å². The number of fused-ring (bicyclic) bond motifs is 3. The van der Waals surface area contributed by atoms with Crippen molar-refractivity contribution in [1.82, 2.24) is 15.6 Å². The van der Waals surface area contributed by atoms with Crippen LogP contribution in [0.15, 0.2) is 24.3 Å². The van der Waals surface area contributed by atoms with Gasteiger partial charge in [0.15, 0.2) is 0 Å². The molecule has 0 spiro atoms. The number of amides is 1. The summed E-state index contributed by atoms with van der Waals surface area (Å²) < 4.78 is 0. The molecule has 0 saturated heterocycles. The molecule has 1 aromatic heterocycles. The smallest absolute Gasteiger partial charge is 0.237 e. The van der Waals surface area contributed by atoms with Gasteiger partial charge in [0.2, 0.25) is 5.91 Å². The van der Waals surface area contributed by atoms with Crippen LogP contribution in [-0.4, -0.2) is 23.0 Å². The third kappa shape index (κ3) is 2.76. The van der Waals surface area contributed by atoms with E-state index in [0.717, 1.165) is 19.3 Å². The molecule has 1 amide bonds. The van der Waals surface area contributed by atoms with Crippen molar-refractivity contribution >= 4 is 16.8 Å². The summed E-state index contributed by atoms with van der Waals surface area (Å²) in [7, 11) is 0. The van der Waals surface area contributed by atoms with Crippen molar-refractivity contribution in [3.8, 4) is 0 Å². The molecule has 2 heterocycles. The van der Waals surface area contributed by atoms with E-state index < -0.39 is 0 Å². The fourth-order valence-electron chi connectivity index (χ4n) is 4.18. The van der Waals surface area contributed by atoms with E-state index in [0.29, 0.717) is 6.04 Å². The molecule has 3 N–H and O–H groups in total. The largest absolute Gasteiger partial charge is 0.357 e. The van der Waals surface area contributed by atoms with Crippen LogP contribution in [0, 0.1) is 0 Å². The van der Waals surface area contributed by atoms with E-state index in [9.17, 15) is 4.79 Å². The zero-order chi connectivity index (χ0) is 15.8. The predicted molar refractivity (Wildman–Crippen MR) is 92.4 cm³/mol. The summed E-state index contributed by atoms with van der Waals surface area (Å²) in [5.41, 5.74) is 3.70. The first-order chi connectivity index (χ1) is 11.2. The highest BCUT2D eigenvalue weighted by Gasteiger charge is 2.31. The average Bonchev–Trinajstić information content (AvgIpc) is 2.95. The standard InChI is InChI=1S/C19H25N3O/c1-12-18-15(14-9-5-6-10-16(14)22-18)11-17(20-12)19(23)21-13-7-3-2-4-8-13/h5-6,9-10,12-13,17,20,22H,2-4,7-8,11H2,1H3,(H,21,23). The van der Waals surface area contributed by atoms with Crippen molar-refractivity contribution < 1.29 is 4.79 Å². The van der Waals surface area contributed by atoms with Gasteiger partial charge in [-0.25, -0.2) is 0 Å². The lowest BCUT2D eigenvalue weighted by atomic mass is 9.92. The van der Waals surface area contributed by atoms with Crippen LogP contribution in [-0.2, 0) is 11.2 Å². The molecule has 4 nitrogen and oxygen atoms in total. The van der Waals surface area contributed by atoms with Crippen molar-refractivity contribution in [3.63, 3.8) is 0 Å². The monoisotopic (exact) mass is 311 g/mol. The van der Waals surface area contributed by atoms with Crippen molar-refractivity contribution in [3.05, 3.63) is 35.5 Å². The summed E-state index contributed by atoms with van der Waals surface area (Å²) in [4.78, 5) is 16.2. The van der Waals surface area contributed by atoms with Gasteiger partial charge in [-0.1, -0.05) is 37.5 Å². The number of benzene rings is 1. The molecule has 23 heavy (non-hydrogen) atoms. The van der Waals surface area contributed by atoms with E-state index in [4.69, 9.17) is 0 Å². The van der Waals surface area contributed by atoms with Gasteiger partial charge in [-0.3, -0.25) is 10.1 Å². The fraction of sp³-hybridized carbons (Fsp3) is 0.526. The number of carbonyl (C=O) groups excluding carboxylic acids is 1. The first-order valence-electron chi connectivity index (χ1n) is 8.88. The van der Waals surface area contributed by atoms with Crippen molar-refractivity contribution in [1.29, 1.82) is 0 Å². The zero-order valence-corrected chi connectivity index (χ0v) is 13.7. The molecule has 1 aliphatic heterocycles. The van der Waals surface area contributed by atoms with Crippen LogP contribution in [0.2, 0.25) is 0 Å². The van der Waals surface area contributed by atoms with Crippen LogP contribution >= 0.6 is 0 Å². The van der Waals surface area contributed by atoms with Crippen molar-refractivity contribution in [2.24, 2.45) is 0 Å². The van der Waals surface area contributed by atoms with Gasteiger partial charge in [-0.15, -0.1) is 0 Å². The van der Waals surface area contributed by atoms with Gasteiger partial charge < -0.3 is 10.3 Å². The minimum atomic E-state index is -0.126. The van der Waals surface area contributed by atoms with E-state index >= 15 is 0 Å². The Kier molecular flexibility index (Phi) is 3.85. The van der Waals surface area contributed by atoms with Gasteiger partial charge >= 0.3 is 0 Å². The summed E-state index contributed by atoms with van der Waals surface area (Å²) >= 11 is 0. The Morgan fingerprint density at radius 3 is 2.78 bits per heavy atom. The molecule has 4 rings (SSSR count). The van der Waals surface area contributed by atoms with Gasteiger partial charge in [-0.05, 0) is 37.8 Å². The normalized spacial score (nSPS) is 25.3. The van der Waals surface area contributed by atoms with Crippen molar-refractivity contribution in [2.45, 2.75) is 63.6 Å². The second kappa shape index (κ2) is 6.00. The quantitative estimate of drug-likeness (QED) is 0.798. The summed E-state index contributed by atoms with van der Waals surface area (Å²) in [5, 5.41) is 8.00. The first kappa shape index (κ1) is 14.8. The summed E-state index contributed by atoms with van der Waals surface area (Å²) in [5.74, 6) is 0.166. The van der Waals surface area contributed by atoms with Gasteiger partial charge in [0.1, 0.15) is 0 Å². The number of hydrogen-bond donors (Lipinski definition) is 3. The molecule has 0 bridgehead atoms. The topological polar surface area (TPSA) is 56.9 Å². The van der Waals surface area contributed by atoms with E-state index in [2.05, 4.69) is 46.8 Å². The number of aromatic nitrogens is 1. The summed E-state index contributed by atoms with van der Waals surface area (Å²) in [6, 6.07) is 8.80. The molecule has 0 radical (unpaired) electrons. The van der Waals surface area contributed by atoms with Crippen molar-refractivity contribution in [2.75, 3.05) is 0 Å². The molecule has 4 heteroatoms. The van der Waals surface area contributed by atoms with Crippen LogP contribution in [0.5, 0.6) is 0 Å². The maximum Gasteiger partial charge on any atom is 0.237 e. The number of H-pyrrole nitrogens is 1. The van der Waals surface area contributed by atoms with E-state index in [1.807, 2.05) is 0 Å². The van der Waals surface area contributed by atoms with E-state index in [-0.39, 0.29) is 18.0 Å². The Hall–Kier alpha value is -1.81. The lowest BCUT2D eigenvalue weighted by Crippen LogP contribution is -2.51. The third-order valence-corrected chi connectivity index (χ3v) is 5.41. The average molecular weight is 311 g/mol. The zero-order valence-electron chi connectivity index (χ0n) is 13.7. The predicted octanol–water partition coefficient (Wildman–Crippen LogP) is 3.19. The number of carbonyl (C=O) groups is 1. The number of rotatable bonds is 2. The van der Waals surface area contributed by atoms with Gasteiger partial charge in [0.05, 0.1) is 6.04 Å². The Morgan fingerprint density at radius 2 is 1.96 bits per heavy atom. The Labute approximate surface area is 137 Å². The Morgan fingerprint density at radius 1 is 1.17 bits per heavy atom. The molecule has 1 fully saturated rings. The number of nitrogens with one attached hydrogen (secondary N) is 3. The Bertz CT molecular complexity index is 714. The summed E-state index contributed by atoms with van der Waals surface area (Å²) in [6.07, 6.45) is 6.82. The van der Waals surface area contributed by atoms with E-state index in [1.54, 1.807) is 0 Å². The highest BCUT2D eigenvalue weighted by Crippen LogP contribution is 2.31. The maximum atomic E-state index is 12.7. The van der Waals surface area contributed by atoms with Gasteiger partial charge in [0, 0.05) is 28.7 Å². The van der Waals surface area contributed by atoms with Gasteiger partial charge in [0.25, 0.3) is 0 Å². The maximum absolute atomic E-state index is 12.7. The third-order valence-electron chi connectivity index (χ3n) is 5.41. The SMILES string of the molecule is CC1NC(C(=O)NC2CCCCC2)Cc2c1[nH]c1ccccc21. The highest BCUT2D eigenvalue weighted by atomic mass is 16.2.